The van der Waals surface area contributed by atoms with Crippen LogP contribution in [0.25, 0.3) is 5.69 Å². The number of tetrazole rings is 1. The predicted octanol–water partition coefficient (Wildman–Crippen LogP) is 4.33. The maximum absolute atomic E-state index is 13.2. The smallest absolute Gasteiger partial charge is 0.233 e. The summed E-state index contributed by atoms with van der Waals surface area (Å²) in [5.74, 6) is 0.336. The summed E-state index contributed by atoms with van der Waals surface area (Å²) in [6.45, 7) is 3.25. The van der Waals surface area contributed by atoms with Crippen LogP contribution in [0.1, 0.15) is 16.7 Å². The third-order valence-corrected chi connectivity index (χ3v) is 6.10. The van der Waals surface area contributed by atoms with E-state index in [2.05, 4.69) is 39.8 Å². The maximum atomic E-state index is 13.2. The fourth-order valence-electron chi connectivity index (χ4n) is 3.44. The number of thioether (sulfide) groups is 1. The minimum absolute atomic E-state index is 0.0640. The lowest BCUT2D eigenvalue weighted by molar-refractivity contribution is -0.128. The highest BCUT2D eigenvalue weighted by atomic mass is 32.2. The Hall–Kier alpha value is -3.45. The van der Waals surface area contributed by atoms with Crippen LogP contribution in [0.15, 0.2) is 90.1 Å². The highest BCUT2D eigenvalue weighted by Gasteiger charge is 2.18. The summed E-state index contributed by atoms with van der Waals surface area (Å²) in [6.07, 6.45) is 0.811. The fourth-order valence-corrected chi connectivity index (χ4v) is 4.23. The van der Waals surface area contributed by atoms with Gasteiger partial charge in [-0.05, 0) is 46.5 Å². The van der Waals surface area contributed by atoms with E-state index in [0.717, 1.165) is 23.2 Å². The first kappa shape index (κ1) is 21.8. The minimum Gasteiger partial charge on any atom is -0.337 e. The van der Waals surface area contributed by atoms with Crippen molar-refractivity contribution in [3.8, 4) is 5.69 Å². The molecule has 0 saturated carbocycles. The molecule has 0 unspecified atom stereocenters. The van der Waals surface area contributed by atoms with Crippen molar-refractivity contribution in [2.24, 2.45) is 0 Å². The molecule has 0 aliphatic carbocycles. The molecule has 0 radical (unpaired) electrons. The Kier molecular flexibility index (Phi) is 7.30. The zero-order valence-electron chi connectivity index (χ0n) is 18.0. The monoisotopic (exact) mass is 443 g/mol. The van der Waals surface area contributed by atoms with E-state index in [9.17, 15) is 4.79 Å². The molecule has 0 saturated heterocycles. The highest BCUT2D eigenvalue weighted by molar-refractivity contribution is 7.99. The van der Waals surface area contributed by atoms with Gasteiger partial charge in [0.1, 0.15) is 0 Å². The predicted molar refractivity (Wildman–Crippen MR) is 127 cm³/mol. The minimum atomic E-state index is 0.0640. The lowest BCUT2D eigenvalue weighted by atomic mass is 10.1. The Balaban J connectivity index is 1.45. The van der Waals surface area contributed by atoms with E-state index in [-0.39, 0.29) is 11.7 Å². The molecule has 32 heavy (non-hydrogen) atoms. The molecule has 0 spiro atoms. The average Bonchev–Trinajstić information content (AvgIpc) is 3.30. The molecule has 0 atom stereocenters. The van der Waals surface area contributed by atoms with Crippen molar-refractivity contribution in [3.05, 3.63) is 102 Å². The number of hydrogen-bond acceptors (Lipinski definition) is 5. The number of carbonyl (C=O) groups is 1. The lowest BCUT2D eigenvalue weighted by Gasteiger charge is -2.23. The zero-order chi connectivity index (χ0) is 22.2. The summed E-state index contributed by atoms with van der Waals surface area (Å²) in [7, 11) is 0. The van der Waals surface area contributed by atoms with Crippen LogP contribution >= 0.6 is 11.8 Å². The molecule has 0 bridgehead atoms. The van der Waals surface area contributed by atoms with Gasteiger partial charge in [-0.3, -0.25) is 4.79 Å². The van der Waals surface area contributed by atoms with Gasteiger partial charge >= 0.3 is 0 Å². The van der Waals surface area contributed by atoms with Crippen molar-refractivity contribution in [2.45, 2.75) is 25.0 Å². The van der Waals surface area contributed by atoms with Gasteiger partial charge in [0, 0.05) is 13.1 Å². The Morgan fingerprint density at radius 3 is 2.28 bits per heavy atom. The molecule has 0 aliphatic rings. The Morgan fingerprint density at radius 1 is 0.906 bits per heavy atom. The van der Waals surface area contributed by atoms with E-state index in [0.29, 0.717) is 18.2 Å². The number of nitrogens with zero attached hydrogens (tertiary/aromatic N) is 5. The number of hydrogen-bond donors (Lipinski definition) is 0. The van der Waals surface area contributed by atoms with E-state index >= 15 is 0 Å². The van der Waals surface area contributed by atoms with Crippen LogP contribution in [-0.2, 0) is 17.8 Å². The molecule has 1 amide bonds. The van der Waals surface area contributed by atoms with Gasteiger partial charge in [0.15, 0.2) is 0 Å². The fraction of sp³-hybridized carbons (Fsp3) is 0.200. The summed E-state index contributed by atoms with van der Waals surface area (Å²) in [6, 6.07) is 28.3. The Morgan fingerprint density at radius 2 is 1.56 bits per heavy atom. The third kappa shape index (κ3) is 5.62. The highest BCUT2D eigenvalue weighted by Crippen LogP contribution is 2.21. The van der Waals surface area contributed by atoms with Crippen LogP contribution < -0.4 is 0 Å². The third-order valence-electron chi connectivity index (χ3n) is 5.19. The van der Waals surface area contributed by atoms with E-state index in [1.807, 2.05) is 72.5 Å². The standard InChI is InChI=1S/C25H25N5OS/c1-20-10-8-9-15-23(20)30-25(26-27-28-30)32-19-24(31)29(18-22-13-6-3-7-14-22)17-16-21-11-4-2-5-12-21/h2-15H,16-19H2,1H3. The summed E-state index contributed by atoms with van der Waals surface area (Å²) in [5.41, 5.74) is 4.32. The van der Waals surface area contributed by atoms with E-state index in [1.54, 1.807) is 4.68 Å². The van der Waals surface area contributed by atoms with Crippen LogP contribution in [0, 0.1) is 6.92 Å². The summed E-state index contributed by atoms with van der Waals surface area (Å²) in [4.78, 5) is 15.1. The maximum Gasteiger partial charge on any atom is 0.233 e. The van der Waals surface area contributed by atoms with E-state index in [1.165, 1.54) is 17.3 Å². The Labute approximate surface area is 192 Å². The van der Waals surface area contributed by atoms with Gasteiger partial charge in [0.2, 0.25) is 11.1 Å². The number of rotatable bonds is 9. The molecule has 7 heteroatoms. The van der Waals surface area contributed by atoms with Crippen LogP contribution in [0.3, 0.4) is 0 Å². The van der Waals surface area contributed by atoms with Gasteiger partial charge in [-0.2, -0.15) is 4.68 Å². The van der Waals surface area contributed by atoms with Crippen molar-refractivity contribution in [3.63, 3.8) is 0 Å². The second kappa shape index (κ2) is 10.7. The average molecular weight is 444 g/mol. The quantitative estimate of drug-likeness (QED) is 0.360. The molecule has 6 nitrogen and oxygen atoms in total. The normalized spacial score (nSPS) is 10.8. The number of amides is 1. The lowest BCUT2D eigenvalue weighted by Crippen LogP contribution is -2.34. The SMILES string of the molecule is Cc1ccccc1-n1nnnc1SCC(=O)N(CCc1ccccc1)Cc1ccccc1. The second-order valence-electron chi connectivity index (χ2n) is 7.48. The van der Waals surface area contributed by atoms with Crippen molar-refractivity contribution in [1.82, 2.24) is 25.1 Å². The molecule has 4 rings (SSSR count). The summed E-state index contributed by atoms with van der Waals surface area (Å²) < 4.78 is 1.69. The molecule has 0 aliphatic heterocycles. The van der Waals surface area contributed by atoms with Crippen molar-refractivity contribution < 1.29 is 4.79 Å². The molecule has 3 aromatic carbocycles. The Bertz CT molecular complexity index is 1150. The molecular formula is C25H25N5OS. The summed E-state index contributed by atoms with van der Waals surface area (Å²) in [5, 5.41) is 12.7. The van der Waals surface area contributed by atoms with Gasteiger partial charge in [0.05, 0.1) is 11.4 Å². The van der Waals surface area contributed by atoms with Gasteiger partial charge in [-0.25, -0.2) is 0 Å². The number of aromatic nitrogens is 4. The molecule has 1 aromatic heterocycles. The number of para-hydroxylation sites is 1. The van der Waals surface area contributed by atoms with Crippen LogP contribution in [0.5, 0.6) is 0 Å². The van der Waals surface area contributed by atoms with Gasteiger partial charge in [-0.15, -0.1) is 5.10 Å². The van der Waals surface area contributed by atoms with Crippen LogP contribution in [0.2, 0.25) is 0 Å². The van der Waals surface area contributed by atoms with Crippen LogP contribution in [0.4, 0.5) is 0 Å². The molecule has 0 fully saturated rings. The van der Waals surface area contributed by atoms with Gasteiger partial charge in [-0.1, -0.05) is 90.6 Å². The topological polar surface area (TPSA) is 63.9 Å². The van der Waals surface area contributed by atoms with Crippen molar-refractivity contribution in [2.75, 3.05) is 12.3 Å². The second-order valence-corrected chi connectivity index (χ2v) is 8.43. The molecule has 162 valence electrons. The van der Waals surface area contributed by atoms with Crippen molar-refractivity contribution >= 4 is 17.7 Å². The number of benzene rings is 3. The van der Waals surface area contributed by atoms with Crippen molar-refractivity contribution in [1.29, 1.82) is 0 Å². The first-order valence-electron chi connectivity index (χ1n) is 10.5. The first-order valence-corrected chi connectivity index (χ1v) is 11.5. The number of carbonyl (C=O) groups excluding carboxylic acids is 1. The molecule has 0 N–H and O–H groups in total. The van der Waals surface area contributed by atoms with Gasteiger partial charge in [0.25, 0.3) is 0 Å². The number of aryl methyl sites for hydroxylation is 1. The molecular weight excluding hydrogens is 418 g/mol. The summed E-state index contributed by atoms with van der Waals surface area (Å²) >= 11 is 1.36. The van der Waals surface area contributed by atoms with Crippen LogP contribution in [-0.4, -0.2) is 43.3 Å². The largest absolute Gasteiger partial charge is 0.337 e. The van der Waals surface area contributed by atoms with Gasteiger partial charge < -0.3 is 4.90 Å². The molecule has 1 heterocycles. The zero-order valence-corrected chi connectivity index (χ0v) is 18.8. The first-order chi connectivity index (χ1) is 15.7. The van der Waals surface area contributed by atoms with E-state index < -0.39 is 0 Å². The van der Waals surface area contributed by atoms with E-state index in [4.69, 9.17) is 0 Å². The molecule has 4 aromatic rings.